The first-order valence-corrected chi connectivity index (χ1v) is 11.3. The maximum absolute atomic E-state index is 12.0. The first kappa shape index (κ1) is 22.8. The van der Waals surface area contributed by atoms with Crippen molar-refractivity contribution in [2.24, 2.45) is 10.9 Å². The molecule has 1 aliphatic carbocycles. The van der Waals surface area contributed by atoms with E-state index < -0.39 is 0 Å². The predicted octanol–water partition coefficient (Wildman–Crippen LogP) is 3.67. The molecule has 1 fully saturated rings. The van der Waals surface area contributed by atoms with Crippen LogP contribution in [0.25, 0.3) is 5.69 Å². The lowest BCUT2D eigenvalue weighted by Crippen LogP contribution is -2.45. The van der Waals surface area contributed by atoms with Crippen LogP contribution in [-0.2, 0) is 16.1 Å². The summed E-state index contributed by atoms with van der Waals surface area (Å²) in [6.07, 6.45) is 3.60. The standard InChI is InChI=1S/C24H35N5O2/c1-5-25-24(27-21-13-11-19(12-14-21)23(30)31-6-2)26-16-20-9-7-8-10-22(20)29-18(4)15-17(3)28-29/h7-10,15,19,21H,5-6,11-14,16H2,1-4H3,(H2,25,26,27). The summed E-state index contributed by atoms with van der Waals surface area (Å²) >= 11 is 0. The summed E-state index contributed by atoms with van der Waals surface area (Å²) in [6, 6.07) is 10.7. The van der Waals surface area contributed by atoms with Gasteiger partial charge in [0.2, 0.25) is 0 Å². The quantitative estimate of drug-likeness (QED) is 0.402. The molecule has 1 aliphatic rings. The lowest BCUT2D eigenvalue weighted by Gasteiger charge is -2.29. The van der Waals surface area contributed by atoms with Crippen molar-refractivity contribution in [3.8, 4) is 5.69 Å². The Morgan fingerprint density at radius 1 is 1.19 bits per heavy atom. The molecule has 0 bridgehead atoms. The van der Waals surface area contributed by atoms with Crippen molar-refractivity contribution in [3.63, 3.8) is 0 Å². The molecule has 1 heterocycles. The largest absolute Gasteiger partial charge is 0.466 e. The van der Waals surface area contributed by atoms with E-state index in [2.05, 4.69) is 47.8 Å². The average molecular weight is 426 g/mol. The van der Waals surface area contributed by atoms with E-state index in [1.54, 1.807) is 0 Å². The Morgan fingerprint density at radius 3 is 2.58 bits per heavy atom. The molecule has 0 unspecified atom stereocenters. The molecule has 0 aliphatic heterocycles. The molecule has 3 rings (SSSR count). The third-order valence-corrected chi connectivity index (χ3v) is 5.67. The van der Waals surface area contributed by atoms with Gasteiger partial charge in [-0.1, -0.05) is 18.2 Å². The van der Waals surface area contributed by atoms with E-state index in [0.29, 0.717) is 19.2 Å². The van der Waals surface area contributed by atoms with Crippen molar-refractivity contribution in [2.45, 2.75) is 66.0 Å². The van der Waals surface area contributed by atoms with Gasteiger partial charge in [0.15, 0.2) is 5.96 Å². The summed E-state index contributed by atoms with van der Waals surface area (Å²) in [5, 5.41) is 11.5. The molecular weight excluding hydrogens is 390 g/mol. The fraction of sp³-hybridized carbons (Fsp3) is 0.542. The molecule has 168 valence electrons. The number of para-hydroxylation sites is 1. The van der Waals surface area contributed by atoms with Crippen LogP contribution in [-0.4, -0.2) is 40.9 Å². The van der Waals surface area contributed by atoms with E-state index in [1.165, 1.54) is 0 Å². The maximum Gasteiger partial charge on any atom is 0.308 e. The van der Waals surface area contributed by atoms with Crippen LogP contribution in [0.4, 0.5) is 0 Å². The number of aryl methyl sites for hydroxylation is 2. The zero-order valence-electron chi connectivity index (χ0n) is 19.1. The number of esters is 1. The monoisotopic (exact) mass is 425 g/mol. The lowest BCUT2D eigenvalue weighted by atomic mass is 9.86. The highest BCUT2D eigenvalue weighted by Gasteiger charge is 2.27. The molecule has 0 saturated heterocycles. The van der Waals surface area contributed by atoms with Gasteiger partial charge in [0.25, 0.3) is 0 Å². The highest BCUT2D eigenvalue weighted by molar-refractivity contribution is 5.80. The van der Waals surface area contributed by atoms with Crippen LogP contribution in [0.3, 0.4) is 0 Å². The van der Waals surface area contributed by atoms with E-state index in [-0.39, 0.29) is 11.9 Å². The van der Waals surface area contributed by atoms with Crippen LogP contribution < -0.4 is 10.6 Å². The van der Waals surface area contributed by atoms with Gasteiger partial charge in [-0.25, -0.2) is 9.67 Å². The van der Waals surface area contributed by atoms with E-state index in [0.717, 1.165) is 60.8 Å². The molecule has 2 N–H and O–H groups in total. The van der Waals surface area contributed by atoms with Crippen LogP contribution >= 0.6 is 0 Å². The Labute approximate surface area is 185 Å². The highest BCUT2D eigenvalue weighted by Crippen LogP contribution is 2.25. The van der Waals surface area contributed by atoms with Gasteiger partial charge < -0.3 is 15.4 Å². The zero-order valence-corrected chi connectivity index (χ0v) is 19.1. The van der Waals surface area contributed by atoms with E-state index in [4.69, 9.17) is 9.73 Å². The summed E-state index contributed by atoms with van der Waals surface area (Å²) in [5.41, 5.74) is 4.29. The second kappa shape index (κ2) is 11.0. The Morgan fingerprint density at radius 2 is 1.94 bits per heavy atom. The first-order chi connectivity index (χ1) is 15.0. The van der Waals surface area contributed by atoms with Gasteiger partial charge in [0.1, 0.15) is 0 Å². The number of carbonyl (C=O) groups is 1. The number of guanidine groups is 1. The molecule has 1 aromatic heterocycles. The molecule has 1 saturated carbocycles. The minimum absolute atomic E-state index is 0.0326. The Hall–Kier alpha value is -2.83. The molecule has 31 heavy (non-hydrogen) atoms. The number of carbonyl (C=O) groups excluding carboxylic acids is 1. The number of nitrogens with one attached hydrogen (secondary N) is 2. The Bertz CT molecular complexity index is 897. The van der Waals surface area contributed by atoms with Crippen molar-refractivity contribution in [2.75, 3.05) is 13.2 Å². The average Bonchev–Trinajstić information content (AvgIpc) is 3.11. The fourth-order valence-electron chi connectivity index (χ4n) is 4.14. The summed E-state index contributed by atoms with van der Waals surface area (Å²) in [4.78, 5) is 16.8. The second-order valence-electron chi connectivity index (χ2n) is 8.11. The van der Waals surface area contributed by atoms with Gasteiger partial charge in [0, 0.05) is 18.3 Å². The number of rotatable bonds is 7. The lowest BCUT2D eigenvalue weighted by molar-refractivity contribution is -0.149. The summed E-state index contributed by atoms with van der Waals surface area (Å²) in [5.74, 6) is 0.790. The van der Waals surface area contributed by atoms with Crippen molar-refractivity contribution >= 4 is 11.9 Å². The normalized spacial score (nSPS) is 19.2. The Kier molecular flexibility index (Phi) is 8.09. The number of hydrogen-bond acceptors (Lipinski definition) is 4. The molecule has 2 aromatic rings. The summed E-state index contributed by atoms with van der Waals surface area (Å²) in [6.45, 7) is 9.81. The number of nitrogens with zero attached hydrogens (tertiary/aromatic N) is 3. The molecule has 0 spiro atoms. The smallest absolute Gasteiger partial charge is 0.308 e. The number of aliphatic imine (C=N–C) groups is 1. The van der Waals surface area contributed by atoms with Crippen LogP contribution in [0.5, 0.6) is 0 Å². The fourth-order valence-corrected chi connectivity index (χ4v) is 4.14. The van der Waals surface area contributed by atoms with Crippen LogP contribution in [0.1, 0.15) is 56.5 Å². The van der Waals surface area contributed by atoms with Gasteiger partial charge in [-0.2, -0.15) is 5.10 Å². The van der Waals surface area contributed by atoms with Crippen molar-refractivity contribution in [3.05, 3.63) is 47.3 Å². The summed E-state index contributed by atoms with van der Waals surface area (Å²) < 4.78 is 7.16. The van der Waals surface area contributed by atoms with Gasteiger partial charge in [-0.15, -0.1) is 0 Å². The first-order valence-electron chi connectivity index (χ1n) is 11.3. The molecule has 0 atom stereocenters. The number of ether oxygens (including phenoxy) is 1. The topological polar surface area (TPSA) is 80.5 Å². The van der Waals surface area contributed by atoms with Crippen molar-refractivity contribution in [1.29, 1.82) is 0 Å². The Balaban J connectivity index is 1.66. The zero-order chi connectivity index (χ0) is 22.2. The van der Waals surface area contributed by atoms with Crippen LogP contribution in [0, 0.1) is 19.8 Å². The molecule has 0 radical (unpaired) electrons. The van der Waals surface area contributed by atoms with Gasteiger partial charge in [-0.3, -0.25) is 4.79 Å². The van der Waals surface area contributed by atoms with E-state index in [1.807, 2.05) is 30.7 Å². The molecular formula is C24H35N5O2. The third-order valence-electron chi connectivity index (χ3n) is 5.67. The van der Waals surface area contributed by atoms with Crippen LogP contribution in [0.2, 0.25) is 0 Å². The molecule has 7 heteroatoms. The predicted molar refractivity (Wildman–Crippen MR) is 123 cm³/mol. The SMILES string of the molecule is CCNC(=NCc1ccccc1-n1nc(C)cc1C)NC1CCC(C(=O)OCC)CC1. The number of hydrogen-bond donors (Lipinski definition) is 2. The molecule has 7 nitrogen and oxygen atoms in total. The minimum atomic E-state index is -0.0534. The van der Waals surface area contributed by atoms with Crippen molar-refractivity contribution in [1.82, 2.24) is 20.4 Å². The van der Waals surface area contributed by atoms with E-state index >= 15 is 0 Å². The third kappa shape index (κ3) is 6.09. The number of aromatic nitrogens is 2. The molecule has 0 amide bonds. The van der Waals surface area contributed by atoms with Crippen LogP contribution in [0.15, 0.2) is 35.3 Å². The highest BCUT2D eigenvalue weighted by atomic mass is 16.5. The maximum atomic E-state index is 12.0. The molecule has 1 aromatic carbocycles. The van der Waals surface area contributed by atoms with Crippen molar-refractivity contribution < 1.29 is 9.53 Å². The second-order valence-corrected chi connectivity index (χ2v) is 8.11. The summed E-state index contributed by atoms with van der Waals surface area (Å²) in [7, 11) is 0. The van der Waals surface area contributed by atoms with Gasteiger partial charge >= 0.3 is 5.97 Å². The van der Waals surface area contributed by atoms with Gasteiger partial charge in [0.05, 0.1) is 30.5 Å². The van der Waals surface area contributed by atoms with Gasteiger partial charge in [-0.05, 0) is 71.1 Å². The number of benzene rings is 1. The minimum Gasteiger partial charge on any atom is -0.466 e. The van der Waals surface area contributed by atoms with E-state index in [9.17, 15) is 4.79 Å².